The van der Waals surface area contributed by atoms with Gasteiger partial charge in [0.05, 0.1) is 12.6 Å². The summed E-state index contributed by atoms with van der Waals surface area (Å²) in [6.07, 6.45) is 3.61. The first-order valence-corrected chi connectivity index (χ1v) is 12.4. The van der Waals surface area contributed by atoms with Crippen molar-refractivity contribution in [2.75, 3.05) is 0 Å². The second kappa shape index (κ2) is 10.8. The highest BCUT2D eigenvalue weighted by molar-refractivity contribution is 5.97. The van der Waals surface area contributed by atoms with Crippen molar-refractivity contribution in [3.63, 3.8) is 0 Å². The molecular weight excluding hydrogens is 487 g/mol. The minimum Gasteiger partial charge on any atom is -0.347 e. The second-order valence-electron chi connectivity index (χ2n) is 9.48. The predicted octanol–water partition coefficient (Wildman–Crippen LogP) is 3.41. The SMILES string of the molecule is Cc1cc(CNC(=O)c2cc(C(=O)N[C@@H](C)c3ccc(-c4nnn(CC5CC5)n4)cc3)ncn2)ccc1F. The zero-order chi connectivity index (χ0) is 26.6. The third-order valence-corrected chi connectivity index (χ3v) is 6.40. The fourth-order valence-corrected chi connectivity index (χ4v) is 3.94. The molecule has 5 rings (SSSR count). The van der Waals surface area contributed by atoms with Gasteiger partial charge in [0.2, 0.25) is 5.82 Å². The van der Waals surface area contributed by atoms with Crippen LogP contribution in [0.4, 0.5) is 4.39 Å². The van der Waals surface area contributed by atoms with Crippen LogP contribution in [-0.2, 0) is 13.1 Å². The van der Waals surface area contributed by atoms with Gasteiger partial charge in [0.25, 0.3) is 11.8 Å². The number of nitrogens with one attached hydrogen (secondary N) is 2. The molecule has 1 aliphatic carbocycles. The van der Waals surface area contributed by atoms with Gasteiger partial charge in [-0.1, -0.05) is 36.4 Å². The first-order chi connectivity index (χ1) is 18.4. The molecule has 0 aliphatic heterocycles. The van der Waals surface area contributed by atoms with E-state index in [1.54, 1.807) is 23.9 Å². The number of rotatable bonds is 9. The molecule has 2 aromatic heterocycles. The lowest BCUT2D eigenvalue weighted by atomic mass is 10.1. The van der Waals surface area contributed by atoms with E-state index in [1.807, 2.05) is 31.2 Å². The van der Waals surface area contributed by atoms with Gasteiger partial charge in [-0.15, -0.1) is 10.2 Å². The zero-order valence-electron chi connectivity index (χ0n) is 21.1. The molecule has 0 unspecified atom stereocenters. The standard InChI is InChI=1S/C27H27FN8O2/c1-16-11-19(5-10-22(16)28)13-29-26(37)23-12-24(31-15-30-23)27(38)32-17(2)20-6-8-21(9-7-20)25-33-35-36(34-25)14-18-3-4-18/h5-12,15,17-18H,3-4,13-14H2,1-2H3,(H,29,37)(H,32,38)/t17-/m0/s1. The molecule has 0 radical (unpaired) electrons. The number of aromatic nitrogens is 6. The van der Waals surface area contributed by atoms with Gasteiger partial charge >= 0.3 is 0 Å². The van der Waals surface area contributed by atoms with Gasteiger partial charge in [0.15, 0.2) is 0 Å². The lowest BCUT2D eigenvalue weighted by Gasteiger charge is -2.14. The molecule has 2 aromatic carbocycles. The molecular formula is C27H27FN8O2. The number of aryl methyl sites for hydroxylation is 1. The molecule has 11 heteroatoms. The number of benzene rings is 2. The molecule has 10 nitrogen and oxygen atoms in total. The number of amides is 2. The Balaban J connectivity index is 1.18. The van der Waals surface area contributed by atoms with Gasteiger partial charge in [0, 0.05) is 18.2 Å². The van der Waals surface area contributed by atoms with E-state index in [2.05, 4.69) is 36.0 Å². The molecule has 1 aliphatic rings. The molecule has 1 saturated carbocycles. The van der Waals surface area contributed by atoms with Crippen LogP contribution in [0.15, 0.2) is 54.9 Å². The Bertz CT molecular complexity index is 1470. The predicted molar refractivity (Wildman–Crippen MR) is 136 cm³/mol. The van der Waals surface area contributed by atoms with Crippen molar-refractivity contribution in [1.29, 1.82) is 0 Å². The molecule has 0 saturated heterocycles. The first kappa shape index (κ1) is 25.1. The number of halogens is 1. The summed E-state index contributed by atoms with van der Waals surface area (Å²) in [5, 5.41) is 18.3. The third-order valence-electron chi connectivity index (χ3n) is 6.40. The molecule has 194 valence electrons. The van der Waals surface area contributed by atoms with Crippen LogP contribution in [0.5, 0.6) is 0 Å². The van der Waals surface area contributed by atoms with E-state index in [4.69, 9.17) is 0 Å². The minimum absolute atomic E-state index is 0.0585. The smallest absolute Gasteiger partial charge is 0.270 e. The number of nitrogens with zero attached hydrogens (tertiary/aromatic N) is 6. The quantitative estimate of drug-likeness (QED) is 0.350. The zero-order valence-corrected chi connectivity index (χ0v) is 21.1. The normalized spacial score (nSPS) is 13.7. The van der Waals surface area contributed by atoms with Gasteiger partial charge in [-0.2, -0.15) is 4.80 Å². The van der Waals surface area contributed by atoms with Gasteiger partial charge in [-0.3, -0.25) is 9.59 Å². The van der Waals surface area contributed by atoms with E-state index in [1.165, 1.54) is 31.3 Å². The topological polar surface area (TPSA) is 128 Å². The molecule has 38 heavy (non-hydrogen) atoms. The van der Waals surface area contributed by atoms with Crippen molar-refractivity contribution in [3.8, 4) is 11.4 Å². The van der Waals surface area contributed by atoms with Crippen molar-refractivity contribution >= 4 is 11.8 Å². The summed E-state index contributed by atoms with van der Waals surface area (Å²) in [6.45, 7) is 4.51. The summed E-state index contributed by atoms with van der Waals surface area (Å²) >= 11 is 0. The molecule has 2 N–H and O–H groups in total. The highest BCUT2D eigenvalue weighted by Gasteiger charge is 2.23. The van der Waals surface area contributed by atoms with Crippen LogP contribution in [0.25, 0.3) is 11.4 Å². The van der Waals surface area contributed by atoms with Crippen molar-refractivity contribution in [2.24, 2.45) is 5.92 Å². The Hall–Kier alpha value is -4.54. The maximum absolute atomic E-state index is 13.5. The summed E-state index contributed by atoms with van der Waals surface area (Å²) < 4.78 is 13.5. The number of hydrogen-bond donors (Lipinski definition) is 2. The summed E-state index contributed by atoms with van der Waals surface area (Å²) in [5.41, 5.74) is 3.11. The van der Waals surface area contributed by atoms with E-state index < -0.39 is 11.8 Å². The fourth-order valence-electron chi connectivity index (χ4n) is 3.94. The number of carbonyl (C=O) groups is 2. The van der Waals surface area contributed by atoms with Crippen molar-refractivity contribution in [2.45, 2.75) is 45.8 Å². The Kier molecular flexibility index (Phi) is 7.16. The number of hydrogen-bond acceptors (Lipinski definition) is 7. The summed E-state index contributed by atoms with van der Waals surface area (Å²) in [4.78, 5) is 35.0. The second-order valence-corrected chi connectivity index (χ2v) is 9.48. The van der Waals surface area contributed by atoms with Crippen LogP contribution in [0.2, 0.25) is 0 Å². The number of tetrazole rings is 1. The van der Waals surface area contributed by atoms with Crippen molar-refractivity contribution in [3.05, 3.63) is 88.8 Å². The Morgan fingerprint density at radius 2 is 1.79 bits per heavy atom. The summed E-state index contributed by atoms with van der Waals surface area (Å²) in [5.74, 6) is 0.0266. The Morgan fingerprint density at radius 1 is 1.05 bits per heavy atom. The van der Waals surface area contributed by atoms with Crippen LogP contribution in [0, 0.1) is 18.7 Å². The van der Waals surface area contributed by atoms with Gasteiger partial charge < -0.3 is 10.6 Å². The monoisotopic (exact) mass is 514 g/mol. The van der Waals surface area contributed by atoms with Crippen LogP contribution >= 0.6 is 0 Å². The lowest BCUT2D eigenvalue weighted by Crippen LogP contribution is -2.29. The Labute approximate surface area is 218 Å². The van der Waals surface area contributed by atoms with E-state index in [0.717, 1.165) is 23.2 Å². The Morgan fingerprint density at radius 3 is 2.50 bits per heavy atom. The van der Waals surface area contributed by atoms with Gasteiger partial charge in [-0.05, 0) is 60.6 Å². The van der Waals surface area contributed by atoms with Crippen LogP contribution in [-0.4, -0.2) is 42.0 Å². The summed E-state index contributed by atoms with van der Waals surface area (Å²) in [6, 6.07) is 13.2. The molecule has 0 spiro atoms. The number of carbonyl (C=O) groups excluding carboxylic acids is 2. The average molecular weight is 515 g/mol. The highest BCUT2D eigenvalue weighted by atomic mass is 19.1. The average Bonchev–Trinajstić information content (AvgIpc) is 3.63. The molecule has 1 fully saturated rings. The van der Waals surface area contributed by atoms with Gasteiger partial charge in [-0.25, -0.2) is 14.4 Å². The maximum atomic E-state index is 13.5. The third kappa shape index (κ3) is 6.05. The van der Waals surface area contributed by atoms with Gasteiger partial charge in [0.1, 0.15) is 23.5 Å². The van der Waals surface area contributed by atoms with Crippen molar-refractivity contribution in [1.82, 2.24) is 40.8 Å². The largest absolute Gasteiger partial charge is 0.347 e. The molecule has 0 bridgehead atoms. The van der Waals surface area contributed by atoms with Crippen molar-refractivity contribution < 1.29 is 14.0 Å². The van der Waals surface area contributed by atoms with Crippen LogP contribution in [0.1, 0.15) is 63.5 Å². The molecule has 1 atom stereocenters. The summed E-state index contributed by atoms with van der Waals surface area (Å²) in [7, 11) is 0. The first-order valence-electron chi connectivity index (χ1n) is 12.4. The molecule has 4 aromatic rings. The van der Waals surface area contributed by atoms with E-state index in [0.29, 0.717) is 17.3 Å². The minimum atomic E-state index is -0.463. The lowest BCUT2D eigenvalue weighted by molar-refractivity contribution is 0.0934. The molecule has 2 heterocycles. The molecule has 2 amide bonds. The highest BCUT2D eigenvalue weighted by Crippen LogP contribution is 2.30. The van der Waals surface area contributed by atoms with E-state index in [-0.39, 0.29) is 29.8 Å². The maximum Gasteiger partial charge on any atom is 0.270 e. The fraction of sp³-hybridized carbons (Fsp3) is 0.296. The van der Waals surface area contributed by atoms with E-state index in [9.17, 15) is 14.0 Å². The van der Waals surface area contributed by atoms with Crippen LogP contribution in [0.3, 0.4) is 0 Å². The van der Waals surface area contributed by atoms with Crippen LogP contribution < -0.4 is 10.6 Å². The van der Waals surface area contributed by atoms with E-state index >= 15 is 0 Å².